The van der Waals surface area contributed by atoms with Crippen molar-refractivity contribution in [2.75, 3.05) is 29.0 Å². The van der Waals surface area contributed by atoms with Gasteiger partial charge in [0.2, 0.25) is 17.6 Å². The highest BCUT2D eigenvalue weighted by Gasteiger charge is 2.31. The predicted molar refractivity (Wildman–Crippen MR) is 103 cm³/mol. The van der Waals surface area contributed by atoms with Gasteiger partial charge < -0.3 is 16.0 Å². The third-order valence-corrected chi connectivity index (χ3v) is 4.56. The second kappa shape index (κ2) is 7.33. The van der Waals surface area contributed by atoms with Crippen molar-refractivity contribution < 1.29 is 4.92 Å². The number of halogens is 1. The number of nitrogens with one attached hydrogen (secondary N) is 1. The van der Waals surface area contributed by atoms with Crippen molar-refractivity contribution >= 4 is 40.6 Å². The molecule has 0 bridgehead atoms. The molecule has 0 unspecified atom stereocenters. The summed E-state index contributed by atoms with van der Waals surface area (Å²) < 4.78 is 0. The van der Waals surface area contributed by atoms with E-state index in [0.29, 0.717) is 35.6 Å². The highest BCUT2D eigenvalue weighted by atomic mass is 35.5. The summed E-state index contributed by atoms with van der Waals surface area (Å²) in [6.07, 6.45) is 1.08. The zero-order chi connectivity index (χ0) is 18.8. The Hall–Kier alpha value is -2.61. The molecule has 1 aliphatic heterocycles. The number of nitrogens with two attached hydrogens (primary N) is 1. The average molecular weight is 377 g/mol. The van der Waals surface area contributed by atoms with Crippen LogP contribution >= 0.6 is 11.6 Å². The van der Waals surface area contributed by atoms with Crippen LogP contribution in [0.4, 0.5) is 29.0 Å². The van der Waals surface area contributed by atoms with Crippen LogP contribution in [0, 0.1) is 22.0 Å². The van der Waals surface area contributed by atoms with E-state index in [1.165, 1.54) is 0 Å². The molecule has 3 N–H and O–H groups in total. The fourth-order valence-electron chi connectivity index (χ4n) is 3.44. The van der Waals surface area contributed by atoms with Crippen molar-refractivity contribution in [3.05, 3.63) is 39.4 Å². The Labute approximate surface area is 156 Å². The van der Waals surface area contributed by atoms with E-state index in [1.807, 2.05) is 4.90 Å². The van der Waals surface area contributed by atoms with Gasteiger partial charge in [0.25, 0.3) is 0 Å². The van der Waals surface area contributed by atoms with E-state index in [9.17, 15) is 10.1 Å². The van der Waals surface area contributed by atoms with Gasteiger partial charge in [-0.25, -0.2) is 0 Å². The third kappa shape index (κ3) is 3.96. The molecule has 138 valence electrons. The van der Waals surface area contributed by atoms with E-state index < -0.39 is 4.92 Å². The number of aromatic nitrogens is 2. The number of piperidine rings is 1. The zero-order valence-electron chi connectivity index (χ0n) is 14.6. The van der Waals surface area contributed by atoms with Crippen molar-refractivity contribution in [3.8, 4) is 0 Å². The Morgan fingerprint density at radius 2 is 2.00 bits per heavy atom. The van der Waals surface area contributed by atoms with Gasteiger partial charge in [0.15, 0.2) is 0 Å². The smallest absolute Gasteiger partial charge is 0.353 e. The van der Waals surface area contributed by atoms with Crippen LogP contribution in [0.25, 0.3) is 0 Å². The van der Waals surface area contributed by atoms with Crippen molar-refractivity contribution in [1.29, 1.82) is 0 Å². The van der Waals surface area contributed by atoms with Gasteiger partial charge in [-0.2, -0.15) is 9.97 Å². The number of benzene rings is 1. The number of anilines is 4. The molecule has 3 rings (SSSR count). The summed E-state index contributed by atoms with van der Waals surface area (Å²) in [7, 11) is 0. The Balaban J connectivity index is 2.00. The summed E-state index contributed by atoms with van der Waals surface area (Å²) in [5, 5.41) is 15.1. The van der Waals surface area contributed by atoms with E-state index in [1.54, 1.807) is 24.3 Å². The van der Waals surface area contributed by atoms with Gasteiger partial charge >= 0.3 is 5.69 Å². The number of hydrogen-bond acceptors (Lipinski definition) is 7. The van der Waals surface area contributed by atoms with Crippen molar-refractivity contribution in [2.45, 2.75) is 20.3 Å². The molecule has 0 saturated carbocycles. The van der Waals surface area contributed by atoms with Crippen LogP contribution in [-0.2, 0) is 0 Å². The first-order valence-corrected chi connectivity index (χ1v) is 8.80. The highest BCUT2D eigenvalue weighted by molar-refractivity contribution is 6.30. The largest absolute Gasteiger partial charge is 0.378 e. The normalized spacial score (nSPS) is 20.0. The minimum Gasteiger partial charge on any atom is -0.378 e. The van der Waals surface area contributed by atoms with E-state index >= 15 is 0 Å². The van der Waals surface area contributed by atoms with Crippen LogP contribution < -0.4 is 16.0 Å². The van der Waals surface area contributed by atoms with Gasteiger partial charge in [-0.05, 0) is 36.5 Å². The zero-order valence-corrected chi connectivity index (χ0v) is 15.4. The molecule has 1 fully saturated rings. The molecule has 1 aromatic carbocycles. The third-order valence-electron chi connectivity index (χ3n) is 4.32. The SMILES string of the molecule is C[C@@H]1C[C@@H](C)CN(c2nc(Nc3cccc(Cl)c3)nc(N)c2[N+](=O)[O-])C1. The van der Waals surface area contributed by atoms with Crippen LogP contribution in [0.2, 0.25) is 5.02 Å². The molecule has 2 atom stereocenters. The summed E-state index contributed by atoms with van der Waals surface area (Å²) in [6, 6.07) is 7.05. The molecule has 9 heteroatoms. The van der Waals surface area contributed by atoms with Gasteiger partial charge in [-0.3, -0.25) is 10.1 Å². The lowest BCUT2D eigenvalue weighted by atomic mass is 9.92. The average Bonchev–Trinajstić information content (AvgIpc) is 2.53. The lowest BCUT2D eigenvalue weighted by Gasteiger charge is -2.35. The topological polar surface area (TPSA) is 110 Å². The molecule has 2 aromatic rings. The second-order valence-corrected chi connectivity index (χ2v) is 7.28. The Morgan fingerprint density at radius 1 is 1.31 bits per heavy atom. The molecule has 1 aliphatic rings. The van der Waals surface area contributed by atoms with Gasteiger partial charge in [-0.1, -0.05) is 31.5 Å². The first-order valence-electron chi connectivity index (χ1n) is 8.43. The minimum absolute atomic E-state index is 0.157. The van der Waals surface area contributed by atoms with Crippen molar-refractivity contribution in [2.24, 2.45) is 11.8 Å². The molecule has 0 aliphatic carbocycles. The lowest BCUT2D eigenvalue weighted by molar-refractivity contribution is -0.383. The summed E-state index contributed by atoms with van der Waals surface area (Å²) in [5.74, 6) is 1.13. The molecular formula is C17H21ClN6O2. The molecule has 0 spiro atoms. The Kier molecular flexibility index (Phi) is 5.13. The van der Waals surface area contributed by atoms with E-state index in [2.05, 4.69) is 29.1 Å². The lowest BCUT2D eigenvalue weighted by Crippen LogP contribution is -2.39. The highest BCUT2D eigenvalue weighted by Crippen LogP contribution is 2.36. The summed E-state index contributed by atoms with van der Waals surface area (Å²) >= 11 is 5.99. The Morgan fingerprint density at radius 3 is 2.62 bits per heavy atom. The van der Waals surface area contributed by atoms with Gasteiger partial charge in [0, 0.05) is 23.8 Å². The van der Waals surface area contributed by atoms with E-state index in [0.717, 1.165) is 6.42 Å². The van der Waals surface area contributed by atoms with E-state index in [-0.39, 0.29) is 23.3 Å². The van der Waals surface area contributed by atoms with Gasteiger partial charge in [-0.15, -0.1) is 0 Å². The fourth-order valence-corrected chi connectivity index (χ4v) is 3.63. The van der Waals surface area contributed by atoms with Crippen molar-refractivity contribution in [3.63, 3.8) is 0 Å². The molecule has 26 heavy (non-hydrogen) atoms. The van der Waals surface area contributed by atoms with Crippen LogP contribution in [0.5, 0.6) is 0 Å². The molecular weight excluding hydrogens is 356 g/mol. The second-order valence-electron chi connectivity index (χ2n) is 6.85. The molecule has 8 nitrogen and oxygen atoms in total. The standard InChI is InChI=1S/C17H21ClN6O2/c1-10-6-11(2)9-23(8-10)16-14(24(25)26)15(19)21-17(22-16)20-13-5-3-4-12(18)7-13/h3-5,7,10-11H,6,8-9H2,1-2H3,(H3,19,20,21,22)/t10-,11-/m1/s1. The Bertz CT molecular complexity index is 821. The van der Waals surface area contributed by atoms with Crippen LogP contribution in [0.15, 0.2) is 24.3 Å². The molecule has 1 aromatic heterocycles. The first kappa shape index (κ1) is 18.2. The van der Waals surface area contributed by atoms with Gasteiger partial charge in [0.1, 0.15) is 0 Å². The maximum Gasteiger partial charge on any atom is 0.353 e. The van der Waals surface area contributed by atoms with Crippen LogP contribution in [0.3, 0.4) is 0 Å². The molecule has 1 saturated heterocycles. The van der Waals surface area contributed by atoms with Crippen LogP contribution in [0.1, 0.15) is 20.3 Å². The number of nitro groups is 1. The minimum atomic E-state index is -0.516. The van der Waals surface area contributed by atoms with Gasteiger partial charge in [0.05, 0.1) is 4.92 Å². The summed E-state index contributed by atoms with van der Waals surface area (Å²) in [5.41, 5.74) is 6.33. The number of nitrogens with zero attached hydrogens (tertiary/aromatic N) is 4. The molecule has 0 radical (unpaired) electrons. The van der Waals surface area contributed by atoms with Crippen LogP contribution in [-0.4, -0.2) is 28.0 Å². The summed E-state index contributed by atoms with van der Waals surface area (Å²) in [4.78, 5) is 21.4. The quantitative estimate of drug-likeness (QED) is 0.615. The van der Waals surface area contributed by atoms with E-state index in [4.69, 9.17) is 17.3 Å². The number of nitrogen functional groups attached to an aromatic ring is 1. The maximum absolute atomic E-state index is 11.5. The monoisotopic (exact) mass is 376 g/mol. The molecule has 0 amide bonds. The predicted octanol–water partition coefficient (Wildman–Crippen LogP) is 3.85. The maximum atomic E-state index is 11.5. The van der Waals surface area contributed by atoms with Crippen molar-refractivity contribution in [1.82, 2.24) is 9.97 Å². The summed E-state index contributed by atoms with van der Waals surface area (Å²) in [6.45, 7) is 5.64. The fraction of sp³-hybridized carbons (Fsp3) is 0.412. The molecule has 2 heterocycles. The first-order chi connectivity index (χ1) is 12.3. The number of rotatable bonds is 4. The number of hydrogen-bond donors (Lipinski definition) is 2.